The third-order valence-corrected chi connectivity index (χ3v) is 4.19. The molecule has 0 saturated carbocycles. The van der Waals surface area contributed by atoms with Crippen LogP contribution in [0.4, 0.5) is 13.2 Å². The molecule has 1 aliphatic heterocycles. The molecule has 0 amide bonds. The average molecular weight is 323 g/mol. The third kappa shape index (κ3) is 2.23. The number of epoxide rings is 1. The quantitative estimate of drug-likeness (QED) is 0.411. The van der Waals surface area contributed by atoms with Gasteiger partial charge in [0.2, 0.25) is 0 Å². The van der Waals surface area contributed by atoms with Crippen molar-refractivity contribution in [2.24, 2.45) is 0 Å². The van der Waals surface area contributed by atoms with Crippen molar-refractivity contribution in [1.82, 2.24) is 0 Å². The number of halogens is 4. The van der Waals surface area contributed by atoms with Gasteiger partial charge in [-0.25, -0.2) is 0 Å². The topological polar surface area (TPSA) is 12.5 Å². The summed E-state index contributed by atoms with van der Waals surface area (Å²) in [6.07, 6.45) is -4.34. The zero-order valence-corrected chi connectivity index (χ0v) is 12.0. The summed E-state index contributed by atoms with van der Waals surface area (Å²) < 4.78 is 44.2. The van der Waals surface area contributed by atoms with E-state index < -0.39 is 11.7 Å². The number of hydrogen-bond donors (Lipinski definition) is 0. The van der Waals surface area contributed by atoms with Gasteiger partial charge in [0.1, 0.15) is 6.10 Å². The fourth-order valence-electron chi connectivity index (χ4n) is 2.82. The first-order chi connectivity index (χ1) is 10.4. The minimum Gasteiger partial charge on any atom is -0.368 e. The van der Waals surface area contributed by atoms with Crippen LogP contribution in [0.25, 0.3) is 21.5 Å². The van der Waals surface area contributed by atoms with Crippen LogP contribution in [0.15, 0.2) is 42.5 Å². The Kier molecular flexibility index (Phi) is 2.90. The van der Waals surface area contributed by atoms with E-state index in [1.807, 2.05) is 12.1 Å². The van der Waals surface area contributed by atoms with Gasteiger partial charge in [-0.2, -0.15) is 13.2 Å². The Morgan fingerprint density at radius 2 is 1.73 bits per heavy atom. The summed E-state index contributed by atoms with van der Waals surface area (Å²) >= 11 is 6.04. The summed E-state index contributed by atoms with van der Waals surface area (Å²) in [4.78, 5) is 0. The Morgan fingerprint density at radius 3 is 2.41 bits per heavy atom. The van der Waals surface area contributed by atoms with E-state index >= 15 is 0 Å². The van der Waals surface area contributed by atoms with Crippen molar-refractivity contribution in [1.29, 1.82) is 0 Å². The lowest BCUT2D eigenvalue weighted by atomic mass is 9.94. The van der Waals surface area contributed by atoms with Crippen LogP contribution < -0.4 is 0 Å². The summed E-state index contributed by atoms with van der Waals surface area (Å²) in [5.74, 6) is 0. The van der Waals surface area contributed by atoms with Crippen LogP contribution in [-0.2, 0) is 10.9 Å². The summed E-state index contributed by atoms with van der Waals surface area (Å²) in [5.41, 5.74) is 0.343. The number of fused-ring (bicyclic) bond motifs is 3. The lowest BCUT2D eigenvalue weighted by Gasteiger charge is -2.12. The fourth-order valence-corrected chi connectivity index (χ4v) is 2.99. The maximum atomic E-state index is 13.0. The summed E-state index contributed by atoms with van der Waals surface area (Å²) in [5, 5.41) is 3.42. The molecule has 1 heterocycles. The minimum atomic E-state index is -4.36. The molecule has 0 aromatic heterocycles. The van der Waals surface area contributed by atoms with Gasteiger partial charge in [0.25, 0.3) is 0 Å². The van der Waals surface area contributed by atoms with E-state index in [4.69, 9.17) is 16.3 Å². The van der Waals surface area contributed by atoms with Crippen LogP contribution in [0.5, 0.6) is 0 Å². The lowest BCUT2D eigenvalue weighted by molar-refractivity contribution is -0.137. The van der Waals surface area contributed by atoms with Gasteiger partial charge in [0.15, 0.2) is 0 Å². The number of ether oxygens (including phenoxy) is 1. The van der Waals surface area contributed by atoms with Gasteiger partial charge in [-0.15, -0.1) is 0 Å². The van der Waals surface area contributed by atoms with Gasteiger partial charge in [-0.3, -0.25) is 0 Å². The fraction of sp³-hybridized carbons (Fsp3) is 0.176. The van der Waals surface area contributed by atoms with Gasteiger partial charge in [0.05, 0.1) is 12.2 Å². The Labute approximate surface area is 129 Å². The van der Waals surface area contributed by atoms with Crippen LogP contribution in [-0.4, -0.2) is 6.61 Å². The molecule has 0 unspecified atom stereocenters. The van der Waals surface area contributed by atoms with Crippen LogP contribution in [0, 0.1) is 0 Å². The van der Waals surface area contributed by atoms with E-state index in [0.29, 0.717) is 17.0 Å². The highest BCUT2D eigenvalue weighted by Gasteiger charge is 2.31. The molecule has 1 saturated heterocycles. The standard InChI is InChI=1S/C17H10ClF3O/c18-11-3-4-12-14(7-11)13-6-10(17(19,20)21)2-1-9(13)5-15(12)16-8-22-16/h1-7,16H,8H2/t16-/m0/s1. The van der Waals surface area contributed by atoms with Crippen molar-refractivity contribution < 1.29 is 17.9 Å². The third-order valence-electron chi connectivity index (χ3n) is 3.95. The molecule has 0 radical (unpaired) electrons. The van der Waals surface area contributed by atoms with Crippen molar-refractivity contribution >= 4 is 33.1 Å². The second-order valence-electron chi connectivity index (χ2n) is 5.41. The number of alkyl halides is 3. The van der Waals surface area contributed by atoms with E-state index in [1.165, 1.54) is 12.1 Å². The monoisotopic (exact) mass is 322 g/mol. The lowest BCUT2D eigenvalue weighted by Crippen LogP contribution is -2.04. The second kappa shape index (κ2) is 4.61. The summed E-state index contributed by atoms with van der Waals surface area (Å²) in [6, 6.07) is 11.0. The van der Waals surface area contributed by atoms with Crippen molar-refractivity contribution in [3.63, 3.8) is 0 Å². The second-order valence-corrected chi connectivity index (χ2v) is 5.85. The van der Waals surface area contributed by atoms with Crippen molar-refractivity contribution in [2.75, 3.05) is 6.61 Å². The van der Waals surface area contributed by atoms with E-state index in [-0.39, 0.29) is 6.10 Å². The SMILES string of the molecule is FC(F)(F)c1ccc2cc([C@@H]3CO3)c3ccc(Cl)cc3c2c1. The van der Waals surface area contributed by atoms with Crippen molar-refractivity contribution in [3.8, 4) is 0 Å². The molecular weight excluding hydrogens is 313 g/mol. The van der Waals surface area contributed by atoms with Crippen LogP contribution in [0.1, 0.15) is 17.2 Å². The van der Waals surface area contributed by atoms with Gasteiger partial charge in [-0.05, 0) is 57.4 Å². The number of benzene rings is 3. The van der Waals surface area contributed by atoms with Gasteiger partial charge < -0.3 is 4.74 Å². The van der Waals surface area contributed by atoms with E-state index in [0.717, 1.165) is 27.8 Å². The molecule has 4 rings (SSSR count). The molecule has 1 aliphatic rings. The highest BCUT2D eigenvalue weighted by Crippen LogP contribution is 2.41. The first-order valence-corrected chi connectivity index (χ1v) is 7.16. The summed E-state index contributed by atoms with van der Waals surface area (Å²) in [6.45, 7) is 0.643. The molecule has 0 N–H and O–H groups in total. The smallest absolute Gasteiger partial charge is 0.368 e. The Bertz CT molecular complexity index is 898. The van der Waals surface area contributed by atoms with E-state index in [2.05, 4.69) is 0 Å². The highest BCUT2D eigenvalue weighted by atomic mass is 35.5. The Balaban J connectivity index is 2.10. The molecule has 1 nitrogen and oxygen atoms in total. The maximum absolute atomic E-state index is 13.0. The number of hydrogen-bond acceptors (Lipinski definition) is 1. The molecule has 22 heavy (non-hydrogen) atoms. The Hall–Kier alpha value is -1.78. The Morgan fingerprint density at radius 1 is 0.955 bits per heavy atom. The van der Waals surface area contributed by atoms with E-state index in [9.17, 15) is 13.2 Å². The van der Waals surface area contributed by atoms with Crippen molar-refractivity contribution in [3.05, 3.63) is 58.6 Å². The molecule has 0 spiro atoms. The molecule has 1 fully saturated rings. The zero-order chi connectivity index (χ0) is 15.5. The predicted octanol–water partition coefficient (Wildman–Crippen LogP) is 5.74. The first-order valence-electron chi connectivity index (χ1n) is 6.78. The molecule has 5 heteroatoms. The molecule has 0 aliphatic carbocycles. The normalized spacial score (nSPS) is 18.1. The molecule has 0 bridgehead atoms. The molecule has 3 aromatic rings. The van der Waals surface area contributed by atoms with Gasteiger partial charge in [-0.1, -0.05) is 23.7 Å². The zero-order valence-electron chi connectivity index (χ0n) is 11.2. The number of rotatable bonds is 1. The van der Waals surface area contributed by atoms with E-state index in [1.54, 1.807) is 12.1 Å². The van der Waals surface area contributed by atoms with Crippen molar-refractivity contribution in [2.45, 2.75) is 12.3 Å². The van der Waals surface area contributed by atoms with Crippen LogP contribution in [0.2, 0.25) is 5.02 Å². The average Bonchev–Trinajstić information content (AvgIpc) is 3.29. The largest absolute Gasteiger partial charge is 0.416 e. The molecule has 3 aromatic carbocycles. The van der Waals surface area contributed by atoms with Gasteiger partial charge in [0, 0.05) is 5.02 Å². The first kappa shape index (κ1) is 13.9. The van der Waals surface area contributed by atoms with Crippen LogP contribution in [0.3, 0.4) is 0 Å². The molecule has 1 atom stereocenters. The maximum Gasteiger partial charge on any atom is 0.416 e. The molecule has 112 valence electrons. The molecular formula is C17H10ClF3O. The minimum absolute atomic E-state index is 0.0235. The summed E-state index contributed by atoms with van der Waals surface area (Å²) in [7, 11) is 0. The highest BCUT2D eigenvalue weighted by molar-refractivity contribution is 6.32. The van der Waals surface area contributed by atoms with Gasteiger partial charge >= 0.3 is 6.18 Å². The van der Waals surface area contributed by atoms with Crippen LogP contribution >= 0.6 is 11.6 Å². The predicted molar refractivity (Wildman–Crippen MR) is 80.2 cm³/mol.